The summed E-state index contributed by atoms with van der Waals surface area (Å²) in [6, 6.07) is 0. The van der Waals surface area contributed by atoms with Crippen LogP contribution in [0.15, 0.2) is 0 Å². The number of nitrogens with two attached hydrogens (primary N) is 1. The molecule has 0 fully saturated rings. The van der Waals surface area contributed by atoms with E-state index < -0.39 is 0 Å². The Balaban J connectivity index is 3.37. The second-order valence-corrected chi connectivity index (χ2v) is 4.06. The van der Waals surface area contributed by atoms with Crippen LogP contribution in [-0.2, 0) is 4.74 Å². The van der Waals surface area contributed by atoms with Crippen molar-refractivity contribution in [3.05, 3.63) is 0 Å². The highest BCUT2D eigenvalue weighted by Gasteiger charge is 2.14. The summed E-state index contributed by atoms with van der Waals surface area (Å²) in [4.78, 5) is 0.577. The predicted octanol–water partition coefficient (Wildman–Crippen LogP) is 2.26. The van der Waals surface area contributed by atoms with Crippen LogP contribution in [0.3, 0.4) is 0 Å². The highest BCUT2D eigenvalue weighted by Crippen LogP contribution is 2.13. The molecule has 2 nitrogen and oxygen atoms in total. The molecule has 12 heavy (non-hydrogen) atoms. The van der Waals surface area contributed by atoms with Gasteiger partial charge in [0.05, 0.1) is 10.6 Å². The lowest BCUT2D eigenvalue weighted by atomic mass is 10.1. The van der Waals surface area contributed by atoms with Gasteiger partial charge in [-0.1, -0.05) is 19.1 Å². The van der Waals surface area contributed by atoms with Crippen molar-refractivity contribution >= 4 is 17.2 Å². The lowest BCUT2D eigenvalue weighted by Gasteiger charge is -2.23. The van der Waals surface area contributed by atoms with Crippen molar-refractivity contribution in [3.8, 4) is 0 Å². The second kappa shape index (κ2) is 5.49. The molecule has 0 heterocycles. The minimum absolute atomic E-state index is 0.00375. The van der Waals surface area contributed by atoms with Gasteiger partial charge in [0.2, 0.25) is 0 Å². The monoisotopic (exact) mass is 189 g/mol. The highest BCUT2D eigenvalue weighted by molar-refractivity contribution is 7.80. The maximum absolute atomic E-state index is 5.61. The molecule has 0 aliphatic rings. The summed E-state index contributed by atoms with van der Waals surface area (Å²) in [5, 5.41) is 0. The molecule has 0 aromatic heterocycles. The molecule has 0 aliphatic carbocycles. The first-order valence-corrected chi connectivity index (χ1v) is 4.81. The summed E-state index contributed by atoms with van der Waals surface area (Å²) in [5.41, 5.74) is 5.35. The summed E-state index contributed by atoms with van der Waals surface area (Å²) in [6.45, 7) is 7.05. The number of hydrogen-bond acceptors (Lipinski definition) is 2. The number of hydrogen-bond donors (Lipinski definition) is 1. The minimum Gasteiger partial charge on any atom is -0.393 e. The van der Waals surface area contributed by atoms with E-state index in [0.717, 1.165) is 25.9 Å². The van der Waals surface area contributed by atoms with Crippen LogP contribution in [0.25, 0.3) is 0 Å². The lowest BCUT2D eigenvalue weighted by molar-refractivity contribution is -0.0203. The van der Waals surface area contributed by atoms with Crippen LogP contribution in [0.4, 0.5) is 0 Å². The Bertz CT molecular complexity index is 145. The average molecular weight is 189 g/mol. The Labute approximate surface area is 80.5 Å². The number of thiocarbonyl (C=S) groups is 1. The van der Waals surface area contributed by atoms with Gasteiger partial charge in [-0.05, 0) is 33.1 Å². The SMILES string of the molecule is CCC(C)(C)OCCCC(N)=S. The van der Waals surface area contributed by atoms with Gasteiger partial charge in [-0.25, -0.2) is 0 Å². The summed E-state index contributed by atoms with van der Waals surface area (Å²) in [5.74, 6) is 0. The van der Waals surface area contributed by atoms with Crippen LogP contribution in [-0.4, -0.2) is 17.2 Å². The zero-order valence-corrected chi connectivity index (χ0v) is 9.04. The van der Waals surface area contributed by atoms with Crippen molar-refractivity contribution in [2.24, 2.45) is 5.73 Å². The summed E-state index contributed by atoms with van der Waals surface area (Å²) in [6.07, 6.45) is 2.74. The molecule has 0 aliphatic heterocycles. The molecule has 0 rings (SSSR count). The zero-order valence-electron chi connectivity index (χ0n) is 8.22. The quantitative estimate of drug-likeness (QED) is 0.514. The van der Waals surface area contributed by atoms with E-state index in [-0.39, 0.29) is 5.60 Å². The van der Waals surface area contributed by atoms with E-state index in [4.69, 9.17) is 22.7 Å². The van der Waals surface area contributed by atoms with E-state index in [0.29, 0.717) is 4.99 Å². The molecule has 0 saturated heterocycles. The zero-order chi connectivity index (χ0) is 9.61. The molecular formula is C9H19NOS. The van der Waals surface area contributed by atoms with Crippen molar-refractivity contribution in [1.29, 1.82) is 0 Å². The van der Waals surface area contributed by atoms with Gasteiger partial charge in [0, 0.05) is 6.61 Å². The predicted molar refractivity (Wildman–Crippen MR) is 56.3 cm³/mol. The second-order valence-electron chi connectivity index (χ2n) is 3.53. The fraction of sp³-hybridized carbons (Fsp3) is 0.889. The van der Waals surface area contributed by atoms with E-state index in [2.05, 4.69) is 20.8 Å². The molecule has 72 valence electrons. The maximum atomic E-state index is 5.61. The molecular weight excluding hydrogens is 170 g/mol. The van der Waals surface area contributed by atoms with E-state index in [9.17, 15) is 0 Å². The first-order chi connectivity index (χ1) is 5.48. The van der Waals surface area contributed by atoms with Crippen LogP contribution in [0.1, 0.15) is 40.0 Å². The third kappa shape index (κ3) is 6.55. The van der Waals surface area contributed by atoms with Crippen LogP contribution < -0.4 is 5.73 Å². The Kier molecular flexibility index (Phi) is 5.42. The van der Waals surface area contributed by atoms with Gasteiger partial charge < -0.3 is 10.5 Å². The largest absolute Gasteiger partial charge is 0.393 e. The molecule has 0 saturated carbocycles. The molecule has 2 N–H and O–H groups in total. The van der Waals surface area contributed by atoms with Crippen molar-refractivity contribution < 1.29 is 4.74 Å². The van der Waals surface area contributed by atoms with E-state index in [1.54, 1.807) is 0 Å². The van der Waals surface area contributed by atoms with Gasteiger partial charge in [-0.2, -0.15) is 0 Å². The first kappa shape index (κ1) is 11.8. The van der Waals surface area contributed by atoms with Crippen molar-refractivity contribution in [3.63, 3.8) is 0 Å². The van der Waals surface area contributed by atoms with Gasteiger partial charge in [-0.3, -0.25) is 0 Å². The van der Waals surface area contributed by atoms with Gasteiger partial charge in [0.15, 0.2) is 0 Å². The van der Waals surface area contributed by atoms with Crippen molar-refractivity contribution in [2.45, 2.75) is 45.6 Å². The van der Waals surface area contributed by atoms with E-state index in [1.165, 1.54) is 0 Å². The van der Waals surface area contributed by atoms with Gasteiger partial charge in [0.1, 0.15) is 0 Å². The Morgan fingerprint density at radius 2 is 2.08 bits per heavy atom. The standard InChI is InChI=1S/C9H19NOS/c1-4-9(2,3)11-7-5-6-8(10)12/h4-7H2,1-3H3,(H2,10,12). The smallest absolute Gasteiger partial charge is 0.0728 e. The molecule has 0 unspecified atom stereocenters. The van der Waals surface area contributed by atoms with Crippen LogP contribution in [0.5, 0.6) is 0 Å². The summed E-state index contributed by atoms with van der Waals surface area (Å²) < 4.78 is 5.61. The summed E-state index contributed by atoms with van der Waals surface area (Å²) >= 11 is 4.75. The lowest BCUT2D eigenvalue weighted by Crippen LogP contribution is -2.24. The van der Waals surface area contributed by atoms with E-state index in [1.807, 2.05) is 0 Å². The molecule has 0 radical (unpaired) electrons. The first-order valence-electron chi connectivity index (χ1n) is 4.40. The van der Waals surface area contributed by atoms with Crippen LogP contribution in [0.2, 0.25) is 0 Å². The minimum atomic E-state index is -0.00375. The Hall–Kier alpha value is -0.150. The average Bonchev–Trinajstić information content (AvgIpc) is 1.98. The van der Waals surface area contributed by atoms with Crippen molar-refractivity contribution in [1.82, 2.24) is 0 Å². The fourth-order valence-corrected chi connectivity index (χ4v) is 0.841. The molecule has 3 heteroatoms. The fourth-order valence-electron chi connectivity index (χ4n) is 0.697. The topological polar surface area (TPSA) is 35.2 Å². The van der Waals surface area contributed by atoms with Crippen LogP contribution in [0, 0.1) is 0 Å². The molecule has 0 bridgehead atoms. The molecule has 0 amide bonds. The Morgan fingerprint density at radius 3 is 2.50 bits per heavy atom. The molecule has 0 atom stereocenters. The Morgan fingerprint density at radius 1 is 1.50 bits per heavy atom. The third-order valence-electron chi connectivity index (χ3n) is 1.91. The molecule has 0 aromatic carbocycles. The normalized spacial score (nSPS) is 11.6. The van der Waals surface area contributed by atoms with Crippen molar-refractivity contribution in [2.75, 3.05) is 6.61 Å². The van der Waals surface area contributed by atoms with Gasteiger partial charge in [-0.15, -0.1) is 0 Å². The third-order valence-corrected chi connectivity index (χ3v) is 2.12. The summed E-state index contributed by atoms with van der Waals surface area (Å²) in [7, 11) is 0. The van der Waals surface area contributed by atoms with E-state index >= 15 is 0 Å². The molecule has 0 spiro atoms. The maximum Gasteiger partial charge on any atom is 0.0728 e. The number of rotatable bonds is 6. The van der Waals surface area contributed by atoms with Gasteiger partial charge >= 0.3 is 0 Å². The van der Waals surface area contributed by atoms with Gasteiger partial charge in [0.25, 0.3) is 0 Å². The van der Waals surface area contributed by atoms with Crippen LogP contribution >= 0.6 is 12.2 Å². The molecule has 0 aromatic rings. The number of ether oxygens (including phenoxy) is 1. The highest BCUT2D eigenvalue weighted by atomic mass is 32.1.